The van der Waals surface area contributed by atoms with Crippen molar-refractivity contribution in [3.05, 3.63) is 58.1 Å². The third-order valence-electron chi connectivity index (χ3n) is 4.00. The molecule has 152 valence electrons. The van der Waals surface area contributed by atoms with Gasteiger partial charge < -0.3 is 10.1 Å². The molecule has 1 N–H and O–H groups in total. The van der Waals surface area contributed by atoms with Crippen LogP contribution in [0.25, 0.3) is 0 Å². The van der Waals surface area contributed by atoms with Crippen LogP contribution in [-0.4, -0.2) is 40.3 Å². The van der Waals surface area contributed by atoms with Gasteiger partial charge in [-0.15, -0.1) is 0 Å². The van der Waals surface area contributed by atoms with Gasteiger partial charge in [0.05, 0.1) is 18.5 Å². The molecule has 0 heterocycles. The number of hydrogen-bond donors (Lipinski definition) is 1. The second kappa shape index (κ2) is 9.30. The van der Waals surface area contributed by atoms with E-state index in [2.05, 4.69) is 5.32 Å². The van der Waals surface area contributed by atoms with Crippen molar-refractivity contribution in [1.29, 1.82) is 0 Å². The Hall–Kier alpha value is -2.25. The van der Waals surface area contributed by atoms with Crippen LogP contribution in [0.5, 0.6) is 5.75 Å². The Bertz CT molecular complexity index is 940. The van der Waals surface area contributed by atoms with E-state index in [1.165, 1.54) is 0 Å². The summed E-state index contributed by atoms with van der Waals surface area (Å²) in [6, 6.07) is 10.7. The summed E-state index contributed by atoms with van der Waals surface area (Å²) in [6.07, 6.45) is 1.07. The van der Waals surface area contributed by atoms with Crippen LogP contribution in [0.2, 0.25) is 5.02 Å². The molecule has 0 aliphatic heterocycles. The number of nitrogens with zero attached hydrogens (tertiary/aromatic N) is 1. The highest BCUT2D eigenvalue weighted by molar-refractivity contribution is 7.92. The van der Waals surface area contributed by atoms with Gasteiger partial charge in [-0.25, -0.2) is 8.42 Å². The van der Waals surface area contributed by atoms with Crippen LogP contribution < -0.4 is 14.4 Å². The lowest BCUT2D eigenvalue weighted by molar-refractivity contribution is -0.119. The molecule has 2 aromatic rings. The quantitative estimate of drug-likeness (QED) is 0.660. The fourth-order valence-corrected chi connectivity index (χ4v) is 3.98. The van der Waals surface area contributed by atoms with Crippen LogP contribution in [0.1, 0.15) is 16.7 Å². The molecule has 0 fully saturated rings. The van der Waals surface area contributed by atoms with Gasteiger partial charge in [0, 0.05) is 5.02 Å². The predicted octanol–water partition coefficient (Wildman–Crippen LogP) is 3.23. The Balaban J connectivity index is 1.95. The predicted molar refractivity (Wildman–Crippen MR) is 113 cm³/mol. The molecule has 8 heteroatoms. The van der Waals surface area contributed by atoms with Crippen molar-refractivity contribution in [2.24, 2.45) is 0 Å². The first kappa shape index (κ1) is 22.0. The SMILES string of the molecule is Cc1cc(C)cc(OCCNC(=O)CN(c2ccc(Cl)cc2C)S(C)(=O)=O)c1. The molecular weight excluding hydrogens is 400 g/mol. The number of amides is 1. The summed E-state index contributed by atoms with van der Waals surface area (Å²) in [5.74, 6) is 0.324. The van der Waals surface area contributed by atoms with E-state index in [-0.39, 0.29) is 19.7 Å². The maximum atomic E-state index is 12.3. The standard InChI is InChI=1S/C20H25ClN2O4S/c1-14-9-15(2)11-18(10-14)27-8-7-22-20(24)13-23(28(4,25)26)19-6-5-17(21)12-16(19)3/h5-6,9-12H,7-8,13H2,1-4H3,(H,22,24). The van der Waals surface area contributed by atoms with E-state index in [1.807, 2.05) is 32.0 Å². The summed E-state index contributed by atoms with van der Waals surface area (Å²) in [4.78, 5) is 12.3. The van der Waals surface area contributed by atoms with E-state index in [1.54, 1.807) is 25.1 Å². The van der Waals surface area contributed by atoms with Crippen molar-refractivity contribution in [2.45, 2.75) is 20.8 Å². The first-order valence-electron chi connectivity index (χ1n) is 8.78. The molecule has 1 amide bonds. The van der Waals surface area contributed by atoms with E-state index in [0.717, 1.165) is 27.4 Å². The van der Waals surface area contributed by atoms with Crippen molar-refractivity contribution in [3.63, 3.8) is 0 Å². The normalized spacial score (nSPS) is 11.2. The van der Waals surface area contributed by atoms with Crippen LogP contribution in [0.4, 0.5) is 5.69 Å². The van der Waals surface area contributed by atoms with E-state index in [0.29, 0.717) is 16.3 Å². The van der Waals surface area contributed by atoms with Gasteiger partial charge in [0.15, 0.2) is 0 Å². The first-order chi connectivity index (χ1) is 13.1. The maximum Gasteiger partial charge on any atom is 0.240 e. The molecule has 0 spiro atoms. The van der Waals surface area contributed by atoms with Crippen molar-refractivity contribution >= 4 is 33.2 Å². The van der Waals surface area contributed by atoms with Gasteiger partial charge in [-0.05, 0) is 67.8 Å². The van der Waals surface area contributed by atoms with E-state index in [4.69, 9.17) is 16.3 Å². The highest BCUT2D eigenvalue weighted by Gasteiger charge is 2.22. The van der Waals surface area contributed by atoms with Crippen LogP contribution in [-0.2, 0) is 14.8 Å². The molecule has 0 aliphatic rings. The van der Waals surface area contributed by atoms with Crippen molar-refractivity contribution in [2.75, 3.05) is 30.3 Å². The highest BCUT2D eigenvalue weighted by Crippen LogP contribution is 2.25. The highest BCUT2D eigenvalue weighted by atomic mass is 35.5. The van der Waals surface area contributed by atoms with Gasteiger partial charge in [-0.2, -0.15) is 0 Å². The van der Waals surface area contributed by atoms with E-state index >= 15 is 0 Å². The molecule has 0 radical (unpaired) electrons. The third-order valence-corrected chi connectivity index (χ3v) is 5.36. The van der Waals surface area contributed by atoms with Gasteiger partial charge in [-0.3, -0.25) is 9.10 Å². The summed E-state index contributed by atoms with van der Waals surface area (Å²) in [5, 5.41) is 3.19. The molecule has 6 nitrogen and oxygen atoms in total. The fraction of sp³-hybridized carbons (Fsp3) is 0.350. The summed E-state index contributed by atoms with van der Waals surface area (Å²) in [6.45, 7) is 5.96. The molecule has 0 aliphatic carbocycles. The molecule has 0 saturated heterocycles. The van der Waals surface area contributed by atoms with Crippen molar-refractivity contribution in [1.82, 2.24) is 5.32 Å². The molecular formula is C20H25ClN2O4S. The zero-order chi connectivity index (χ0) is 20.9. The third kappa shape index (κ3) is 6.42. The Morgan fingerprint density at radius 2 is 1.75 bits per heavy atom. The lowest BCUT2D eigenvalue weighted by Gasteiger charge is -2.23. The van der Waals surface area contributed by atoms with E-state index < -0.39 is 15.9 Å². The molecule has 0 saturated carbocycles. The Labute approximate surface area is 171 Å². The Kier molecular flexibility index (Phi) is 7.32. The number of benzene rings is 2. The molecule has 2 rings (SSSR count). The minimum Gasteiger partial charge on any atom is -0.492 e. The maximum absolute atomic E-state index is 12.3. The zero-order valence-corrected chi connectivity index (χ0v) is 18.0. The monoisotopic (exact) mass is 424 g/mol. The van der Waals surface area contributed by atoms with Crippen molar-refractivity contribution in [3.8, 4) is 5.75 Å². The topological polar surface area (TPSA) is 75.7 Å². The largest absolute Gasteiger partial charge is 0.492 e. The van der Waals surface area contributed by atoms with Crippen molar-refractivity contribution < 1.29 is 17.9 Å². The zero-order valence-electron chi connectivity index (χ0n) is 16.5. The summed E-state index contributed by atoms with van der Waals surface area (Å²) >= 11 is 5.93. The number of anilines is 1. The second-order valence-corrected chi connectivity index (χ2v) is 9.07. The minimum absolute atomic E-state index is 0.267. The summed E-state index contributed by atoms with van der Waals surface area (Å²) in [5.41, 5.74) is 3.29. The van der Waals surface area contributed by atoms with Gasteiger partial charge in [0.1, 0.15) is 18.9 Å². The average Bonchev–Trinajstić information content (AvgIpc) is 2.55. The number of ether oxygens (including phenoxy) is 1. The lowest BCUT2D eigenvalue weighted by Crippen LogP contribution is -2.41. The van der Waals surface area contributed by atoms with Gasteiger partial charge >= 0.3 is 0 Å². The van der Waals surface area contributed by atoms with Gasteiger partial charge in [0.2, 0.25) is 15.9 Å². The molecule has 0 aromatic heterocycles. The van der Waals surface area contributed by atoms with Crippen LogP contribution >= 0.6 is 11.6 Å². The summed E-state index contributed by atoms with van der Waals surface area (Å²) < 4.78 is 31.1. The second-order valence-electron chi connectivity index (χ2n) is 6.72. The number of rotatable bonds is 8. The van der Waals surface area contributed by atoms with E-state index in [9.17, 15) is 13.2 Å². The smallest absolute Gasteiger partial charge is 0.240 e. The number of halogens is 1. The number of hydrogen-bond acceptors (Lipinski definition) is 4. The number of sulfonamides is 1. The summed E-state index contributed by atoms with van der Waals surface area (Å²) in [7, 11) is -3.63. The van der Waals surface area contributed by atoms with Crippen LogP contribution in [0.15, 0.2) is 36.4 Å². The number of carbonyl (C=O) groups is 1. The Morgan fingerprint density at radius 3 is 2.32 bits per heavy atom. The number of nitrogens with one attached hydrogen (secondary N) is 1. The van der Waals surface area contributed by atoms with Crippen LogP contribution in [0, 0.1) is 20.8 Å². The molecule has 0 bridgehead atoms. The minimum atomic E-state index is -3.63. The first-order valence-corrected chi connectivity index (χ1v) is 11.0. The molecule has 28 heavy (non-hydrogen) atoms. The van der Waals surface area contributed by atoms with Gasteiger partial charge in [0.25, 0.3) is 0 Å². The fourth-order valence-electron chi connectivity index (χ4n) is 2.84. The number of carbonyl (C=O) groups excluding carboxylic acids is 1. The number of aryl methyl sites for hydroxylation is 3. The lowest BCUT2D eigenvalue weighted by atomic mass is 10.1. The van der Waals surface area contributed by atoms with Crippen LogP contribution in [0.3, 0.4) is 0 Å². The molecule has 0 atom stereocenters. The van der Waals surface area contributed by atoms with Gasteiger partial charge in [-0.1, -0.05) is 17.7 Å². The molecule has 2 aromatic carbocycles. The molecule has 0 unspecified atom stereocenters. The Morgan fingerprint density at radius 1 is 1.11 bits per heavy atom. The average molecular weight is 425 g/mol.